The Hall–Kier alpha value is -2.12. The zero-order chi connectivity index (χ0) is 21.8. The molecule has 30 heavy (non-hydrogen) atoms. The molecule has 1 saturated heterocycles. The lowest BCUT2D eigenvalue weighted by molar-refractivity contribution is 0.0138. The van der Waals surface area contributed by atoms with Crippen LogP contribution in [0.2, 0.25) is 0 Å². The van der Waals surface area contributed by atoms with E-state index in [0.717, 1.165) is 42.0 Å². The third-order valence-corrected chi connectivity index (χ3v) is 6.27. The van der Waals surface area contributed by atoms with Crippen molar-refractivity contribution in [3.8, 4) is 0 Å². The number of aromatic amines is 1. The van der Waals surface area contributed by atoms with E-state index < -0.39 is 0 Å². The number of rotatable bonds is 6. The van der Waals surface area contributed by atoms with Crippen LogP contribution in [0.3, 0.4) is 0 Å². The van der Waals surface area contributed by atoms with Gasteiger partial charge in [-0.25, -0.2) is 0 Å². The first kappa shape index (κ1) is 22.6. The van der Waals surface area contributed by atoms with Gasteiger partial charge in [0.2, 0.25) is 0 Å². The summed E-state index contributed by atoms with van der Waals surface area (Å²) in [5.74, 6) is -0.186. The van der Waals surface area contributed by atoms with Crippen LogP contribution in [0.4, 0.5) is 5.69 Å². The number of carbonyl (C=O) groups excluding carboxylic acids is 1. The highest BCUT2D eigenvalue weighted by atomic mass is 79.9. The summed E-state index contributed by atoms with van der Waals surface area (Å²) in [6, 6.07) is 7.92. The molecule has 3 unspecified atom stereocenters. The lowest BCUT2D eigenvalue weighted by Gasteiger charge is -2.32. The van der Waals surface area contributed by atoms with Crippen LogP contribution in [0, 0.1) is 20.8 Å². The Morgan fingerprint density at radius 3 is 2.80 bits per heavy atom. The summed E-state index contributed by atoms with van der Waals surface area (Å²) in [6.45, 7) is 8.70. The number of hydrogen-bond acceptors (Lipinski definition) is 4. The molecular weight excluding hydrogens is 446 g/mol. The minimum atomic E-state index is -0.186. The molecule has 2 heterocycles. The molecule has 0 aliphatic carbocycles. The van der Waals surface area contributed by atoms with E-state index >= 15 is 0 Å². The van der Waals surface area contributed by atoms with Gasteiger partial charge in [0.25, 0.3) is 11.5 Å². The average molecular weight is 476 g/mol. The SMILES string of the molecule is Cc1cc(C)c(CNC(=O)c2cccc(NC3CCOC(C(C)Br)C3)c2C)c(=O)[nH]1. The van der Waals surface area contributed by atoms with Gasteiger partial charge in [-0.2, -0.15) is 0 Å². The fourth-order valence-corrected chi connectivity index (χ4v) is 4.27. The molecule has 1 fully saturated rings. The second kappa shape index (κ2) is 9.79. The molecule has 2 aromatic rings. The maximum atomic E-state index is 12.8. The summed E-state index contributed by atoms with van der Waals surface area (Å²) in [4.78, 5) is 28.1. The molecule has 3 N–H and O–H groups in total. The Balaban J connectivity index is 1.70. The molecule has 1 amide bonds. The lowest BCUT2D eigenvalue weighted by Crippen LogP contribution is -2.37. The van der Waals surface area contributed by atoms with Gasteiger partial charge in [0.1, 0.15) is 0 Å². The third-order valence-electron chi connectivity index (χ3n) is 5.68. The number of pyridine rings is 1. The molecule has 1 aliphatic heterocycles. The molecule has 3 rings (SSSR count). The van der Waals surface area contributed by atoms with E-state index in [4.69, 9.17) is 4.74 Å². The van der Waals surface area contributed by atoms with Crippen molar-refractivity contribution in [2.75, 3.05) is 11.9 Å². The van der Waals surface area contributed by atoms with Crippen LogP contribution in [0.15, 0.2) is 29.1 Å². The highest BCUT2D eigenvalue weighted by molar-refractivity contribution is 9.09. The standard InChI is InChI=1S/C23H30BrN3O3/c1-13-10-14(2)26-23(29)19(13)12-25-22(28)18-6-5-7-20(15(18)3)27-17-8-9-30-21(11-17)16(4)24/h5-7,10,16-17,21,27H,8-9,11-12H2,1-4H3,(H,25,28)(H,26,29). The smallest absolute Gasteiger partial charge is 0.253 e. The quantitative estimate of drug-likeness (QED) is 0.551. The topological polar surface area (TPSA) is 83.2 Å². The van der Waals surface area contributed by atoms with Gasteiger partial charge in [0.05, 0.1) is 6.10 Å². The number of halogens is 1. The van der Waals surface area contributed by atoms with Crippen LogP contribution in [0.5, 0.6) is 0 Å². The first-order chi connectivity index (χ1) is 14.3. The molecular formula is C23H30BrN3O3. The number of anilines is 1. The van der Waals surface area contributed by atoms with Gasteiger partial charge in [0.15, 0.2) is 0 Å². The predicted octanol–water partition coefficient (Wildman–Crippen LogP) is 3.97. The number of H-pyrrole nitrogens is 1. The largest absolute Gasteiger partial charge is 0.382 e. The fourth-order valence-electron chi connectivity index (χ4n) is 3.90. The second-order valence-electron chi connectivity index (χ2n) is 8.06. The van der Waals surface area contributed by atoms with Gasteiger partial charge in [-0.1, -0.05) is 28.9 Å². The van der Waals surface area contributed by atoms with E-state index in [-0.39, 0.29) is 24.1 Å². The van der Waals surface area contributed by atoms with Crippen LogP contribution in [0.25, 0.3) is 0 Å². The number of hydrogen-bond donors (Lipinski definition) is 3. The van der Waals surface area contributed by atoms with Gasteiger partial charge < -0.3 is 20.4 Å². The summed E-state index contributed by atoms with van der Waals surface area (Å²) in [5, 5.41) is 6.49. The van der Waals surface area contributed by atoms with Crippen molar-refractivity contribution in [1.82, 2.24) is 10.3 Å². The number of aromatic nitrogens is 1. The van der Waals surface area contributed by atoms with Crippen LogP contribution >= 0.6 is 15.9 Å². The number of benzene rings is 1. The number of nitrogens with one attached hydrogen (secondary N) is 3. The minimum Gasteiger partial charge on any atom is -0.382 e. The van der Waals surface area contributed by atoms with Crippen LogP contribution in [0.1, 0.15) is 52.5 Å². The third kappa shape index (κ3) is 5.32. The highest BCUT2D eigenvalue weighted by Gasteiger charge is 2.26. The molecule has 0 radical (unpaired) electrons. The molecule has 162 valence electrons. The van der Waals surface area contributed by atoms with Crippen LogP contribution in [-0.2, 0) is 11.3 Å². The van der Waals surface area contributed by atoms with Crippen molar-refractivity contribution >= 4 is 27.5 Å². The normalized spacial score (nSPS) is 19.9. The van der Waals surface area contributed by atoms with E-state index in [1.807, 2.05) is 45.0 Å². The monoisotopic (exact) mass is 475 g/mol. The Labute approximate surface area is 185 Å². The van der Waals surface area contributed by atoms with Gasteiger partial charge in [-0.05, 0) is 62.9 Å². The average Bonchev–Trinajstić information content (AvgIpc) is 2.68. The first-order valence-corrected chi connectivity index (χ1v) is 11.3. The molecule has 0 spiro atoms. The Kier molecular flexibility index (Phi) is 7.36. The molecule has 0 bridgehead atoms. The summed E-state index contributed by atoms with van der Waals surface area (Å²) in [7, 11) is 0. The summed E-state index contributed by atoms with van der Waals surface area (Å²) >= 11 is 3.61. The molecule has 0 saturated carbocycles. The Morgan fingerprint density at radius 2 is 2.10 bits per heavy atom. The van der Waals surface area contributed by atoms with Crippen LogP contribution in [-0.4, -0.2) is 34.5 Å². The van der Waals surface area contributed by atoms with E-state index in [2.05, 4.69) is 38.5 Å². The number of amides is 1. The highest BCUT2D eigenvalue weighted by Crippen LogP contribution is 2.26. The first-order valence-electron chi connectivity index (χ1n) is 10.4. The number of alkyl halides is 1. The van der Waals surface area contributed by atoms with E-state index in [1.54, 1.807) is 0 Å². The molecule has 6 nitrogen and oxygen atoms in total. The van der Waals surface area contributed by atoms with Crippen molar-refractivity contribution in [1.29, 1.82) is 0 Å². The second-order valence-corrected chi connectivity index (χ2v) is 9.50. The summed E-state index contributed by atoms with van der Waals surface area (Å²) in [5.41, 5.74) is 4.58. The van der Waals surface area contributed by atoms with Crippen molar-refractivity contribution in [2.45, 2.75) is 64.1 Å². The zero-order valence-corrected chi connectivity index (χ0v) is 19.6. The molecule has 1 aromatic heterocycles. The van der Waals surface area contributed by atoms with Gasteiger partial charge in [0, 0.05) is 46.5 Å². The van der Waals surface area contributed by atoms with Crippen LogP contribution < -0.4 is 16.2 Å². The van der Waals surface area contributed by atoms with Crippen molar-refractivity contribution in [2.24, 2.45) is 0 Å². The van der Waals surface area contributed by atoms with E-state index in [1.165, 1.54) is 0 Å². The van der Waals surface area contributed by atoms with Crippen molar-refractivity contribution < 1.29 is 9.53 Å². The summed E-state index contributed by atoms with van der Waals surface area (Å²) in [6.07, 6.45) is 2.03. The van der Waals surface area contributed by atoms with Gasteiger partial charge in [-0.3, -0.25) is 9.59 Å². The fraction of sp³-hybridized carbons (Fsp3) is 0.478. The minimum absolute atomic E-state index is 0.157. The number of ether oxygens (including phenoxy) is 1. The number of carbonyl (C=O) groups is 1. The van der Waals surface area contributed by atoms with E-state index in [9.17, 15) is 9.59 Å². The molecule has 7 heteroatoms. The lowest BCUT2D eigenvalue weighted by atomic mass is 9.99. The van der Waals surface area contributed by atoms with E-state index in [0.29, 0.717) is 22.0 Å². The number of aryl methyl sites for hydroxylation is 2. The molecule has 1 aromatic carbocycles. The zero-order valence-electron chi connectivity index (χ0n) is 18.0. The van der Waals surface area contributed by atoms with Crippen molar-refractivity contribution in [3.63, 3.8) is 0 Å². The van der Waals surface area contributed by atoms with Crippen molar-refractivity contribution in [3.05, 3.63) is 62.6 Å². The van der Waals surface area contributed by atoms with Gasteiger partial charge in [-0.15, -0.1) is 0 Å². The maximum Gasteiger partial charge on any atom is 0.253 e. The predicted molar refractivity (Wildman–Crippen MR) is 124 cm³/mol. The molecule has 3 atom stereocenters. The Bertz CT molecular complexity index is 971. The maximum absolute atomic E-state index is 12.8. The summed E-state index contributed by atoms with van der Waals surface area (Å²) < 4.78 is 5.82. The van der Waals surface area contributed by atoms with Gasteiger partial charge >= 0.3 is 0 Å². The molecule has 1 aliphatic rings. The Morgan fingerprint density at radius 1 is 1.33 bits per heavy atom.